The fraction of sp³-hybridized carbons (Fsp3) is 0.462. The summed E-state index contributed by atoms with van der Waals surface area (Å²) < 4.78 is 5.29. The van der Waals surface area contributed by atoms with E-state index in [1.54, 1.807) is 6.07 Å². The summed E-state index contributed by atoms with van der Waals surface area (Å²) in [6.07, 6.45) is 0. The van der Waals surface area contributed by atoms with Gasteiger partial charge in [-0.05, 0) is 12.1 Å². The molecule has 0 radical (unpaired) electrons. The molecule has 0 atom stereocenters. The average molecular weight is 266 g/mol. The van der Waals surface area contributed by atoms with Crippen LogP contribution in [0.5, 0.6) is 0 Å². The molecule has 0 unspecified atom stereocenters. The van der Waals surface area contributed by atoms with E-state index in [0.29, 0.717) is 10.6 Å². The van der Waals surface area contributed by atoms with Crippen molar-refractivity contribution in [1.29, 1.82) is 5.26 Å². The van der Waals surface area contributed by atoms with Crippen molar-refractivity contribution in [3.63, 3.8) is 0 Å². The first kappa shape index (κ1) is 13.2. The van der Waals surface area contributed by atoms with Crippen molar-refractivity contribution in [3.05, 3.63) is 28.8 Å². The van der Waals surface area contributed by atoms with Gasteiger partial charge in [-0.3, -0.25) is 4.90 Å². The van der Waals surface area contributed by atoms with Gasteiger partial charge in [0.25, 0.3) is 0 Å². The number of benzene rings is 1. The van der Waals surface area contributed by atoms with E-state index < -0.39 is 0 Å². The maximum absolute atomic E-state index is 9.05. The van der Waals surface area contributed by atoms with Crippen molar-refractivity contribution in [3.8, 4) is 6.07 Å². The molecule has 1 heterocycles. The van der Waals surface area contributed by atoms with Gasteiger partial charge in [-0.2, -0.15) is 5.26 Å². The molecule has 0 aliphatic carbocycles. The fourth-order valence-electron chi connectivity index (χ4n) is 1.96. The normalized spacial score (nSPS) is 16.2. The molecule has 1 aromatic rings. The molecule has 1 aromatic carbocycles. The van der Waals surface area contributed by atoms with Crippen LogP contribution < -0.4 is 5.32 Å². The monoisotopic (exact) mass is 265 g/mol. The molecule has 5 heteroatoms. The number of halogens is 1. The maximum atomic E-state index is 9.05. The van der Waals surface area contributed by atoms with Crippen molar-refractivity contribution in [1.82, 2.24) is 4.90 Å². The predicted molar refractivity (Wildman–Crippen MR) is 71.9 cm³/mol. The number of hydrogen-bond acceptors (Lipinski definition) is 4. The van der Waals surface area contributed by atoms with Crippen LogP contribution in [-0.2, 0) is 4.74 Å². The molecule has 0 amide bonds. The Morgan fingerprint density at radius 1 is 1.39 bits per heavy atom. The van der Waals surface area contributed by atoms with Crippen LogP contribution >= 0.6 is 11.6 Å². The molecular weight excluding hydrogens is 250 g/mol. The molecule has 1 saturated heterocycles. The Morgan fingerprint density at radius 3 is 2.89 bits per heavy atom. The van der Waals surface area contributed by atoms with Crippen molar-refractivity contribution < 1.29 is 4.74 Å². The van der Waals surface area contributed by atoms with Gasteiger partial charge < -0.3 is 10.1 Å². The first-order valence-electron chi connectivity index (χ1n) is 6.04. The number of rotatable bonds is 4. The van der Waals surface area contributed by atoms with Crippen molar-refractivity contribution in [2.45, 2.75) is 0 Å². The highest BCUT2D eigenvalue weighted by Crippen LogP contribution is 2.22. The van der Waals surface area contributed by atoms with Gasteiger partial charge >= 0.3 is 0 Å². The first-order chi connectivity index (χ1) is 8.81. The lowest BCUT2D eigenvalue weighted by Gasteiger charge is -2.26. The van der Waals surface area contributed by atoms with Crippen LogP contribution in [0.2, 0.25) is 5.02 Å². The summed E-state index contributed by atoms with van der Waals surface area (Å²) in [6, 6.07) is 7.58. The smallest absolute Gasteiger partial charge is 0.103 e. The molecule has 0 bridgehead atoms. The van der Waals surface area contributed by atoms with E-state index in [1.807, 2.05) is 12.1 Å². The molecule has 18 heavy (non-hydrogen) atoms. The molecule has 1 N–H and O–H groups in total. The Balaban J connectivity index is 1.86. The number of nitriles is 1. The third-order valence-corrected chi connectivity index (χ3v) is 3.29. The first-order valence-corrected chi connectivity index (χ1v) is 6.41. The lowest BCUT2D eigenvalue weighted by molar-refractivity contribution is 0.0398. The number of anilines is 1. The number of morpholine rings is 1. The van der Waals surface area contributed by atoms with Crippen LogP contribution in [0.15, 0.2) is 18.2 Å². The second-order valence-corrected chi connectivity index (χ2v) is 4.56. The van der Waals surface area contributed by atoms with E-state index in [9.17, 15) is 0 Å². The zero-order chi connectivity index (χ0) is 12.8. The fourth-order valence-corrected chi connectivity index (χ4v) is 2.18. The van der Waals surface area contributed by atoms with Crippen molar-refractivity contribution in [2.24, 2.45) is 0 Å². The van der Waals surface area contributed by atoms with Crippen molar-refractivity contribution in [2.75, 3.05) is 44.7 Å². The minimum atomic E-state index is 0.494. The Kier molecular flexibility index (Phi) is 4.82. The minimum absolute atomic E-state index is 0.494. The van der Waals surface area contributed by atoms with Gasteiger partial charge in [-0.15, -0.1) is 0 Å². The van der Waals surface area contributed by atoms with Gasteiger partial charge in [-0.25, -0.2) is 0 Å². The summed E-state index contributed by atoms with van der Waals surface area (Å²) in [7, 11) is 0. The Morgan fingerprint density at radius 2 is 2.17 bits per heavy atom. The van der Waals surface area contributed by atoms with Crippen LogP contribution in [0.3, 0.4) is 0 Å². The second-order valence-electron chi connectivity index (χ2n) is 4.15. The lowest BCUT2D eigenvalue weighted by atomic mass is 10.2. The highest BCUT2D eigenvalue weighted by molar-refractivity contribution is 6.32. The molecule has 4 nitrogen and oxygen atoms in total. The molecule has 0 aromatic heterocycles. The topological polar surface area (TPSA) is 48.3 Å². The van der Waals surface area contributed by atoms with Crippen LogP contribution in [0.4, 0.5) is 5.69 Å². The van der Waals surface area contributed by atoms with Crippen LogP contribution in [0.1, 0.15) is 5.56 Å². The number of nitrogens with one attached hydrogen (secondary N) is 1. The van der Waals surface area contributed by atoms with Gasteiger partial charge in [-0.1, -0.05) is 17.7 Å². The Bertz CT molecular complexity index is 438. The summed E-state index contributed by atoms with van der Waals surface area (Å²) in [5.74, 6) is 0. The van der Waals surface area contributed by atoms with Gasteiger partial charge in [0.1, 0.15) is 6.07 Å². The largest absolute Gasteiger partial charge is 0.383 e. The van der Waals surface area contributed by atoms with E-state index in [2.05, 4.69) is 16.3 Å². The maximum Gasteiger partial charge on any atom is 0.103 e. The Hall–Kier alpha value is -1.28. The van der Waals surface area contributed by atoms with Gasteiger partial charge in [0.15, 0.2) is 0 Å². The van der Waals surface area contributed by atoms with E-state index in [1.165, 1.54) is 0 Å². The number of hydrogen-bond donors (Lipinski definition) is 1. The Labute approximate surface area is 112 Å². The summed E-state index contributed by atoms with van der Waals surface area (Å²) in [4.78, 5) is 2.34. The minimum Gasteiger partial charge on any atom is -0.383 e. The molecule has 1 fully saturated rings. The predicted octanol–water partition coefficient (Wildman–Crippen LogP) is 1.96. The molecule has 1 aliphatic heterocycles. The van der Waals surface area contributed by atoms with Gasteiger partial charge in [0, 0.05) is 26.2 Å². The summed E-state index contributed by atoms with van der Waals surface area (Å²) in [5, 5.41) is 12.8. The number of ether oxygens (including phenoxy) is 1. The van der Waals surface area contributed by atoms with Crippen LogP contribution in [0, 0.1) is 11.3 Å². The van der Waals surface area contributed by atoms with Crippen LogP contribution in [-0.4, -0.2) is 44.3 Å². The molecule has 96 valence electrons. The second kappa shape index (κ2) is 6.60. The van der Waals surface area contributed by atoms with Crippen LogP contribution in [0.25, 0.3) is 0 Å². The molecule has 0 spiro atoms. The lowest BCUT2D eigenvalue weighted by Crippen LogP contribution is -2.39. The highest BCUT2D eigenvalue weighted by atomic mass is 35.5. The van der Waals surface area contributed by atoms with Gasteiger partial charge in [0.2, 0.25) is 0 Å². The SMILES string of the molecule is N#Cc1c(Cl)cccc1NCCN1CCOCC1. The summed E-state index contributed by atoms with van der Waals surface area (Å²) >= 11 is 5.97. The van der Waals surface area contributed by atoms with E-state index in [0.717, 1.165) is 45.1 Å². The molecule has 1 aliphatic rings. The van der Waals surface area contributed by atoms with E-state index in [-0.39, 0.29) is 0 Å². The number of nitrogens with zero attached hydrogens (tertiary/aromatic N) is 2. The summed E-state index contributed by atoms with van der Waals surface area (Å²) in [5.41, 5.74) is 1.32. The standard InChI is InChI=1S/C13H16ClN3O/c14-12-2-1-3-13(11(12)10-15)16-4-5-17-6-8-18-9-7-17/h1-3,16H,4-9H2. The van der Waals surface area contributed by atoms with E-state index in [4.69, 9.17) is 21.6 Å². The molecular formula is C13H16ClN3O. The van der Waals surface area contributed by atoms with E-state index >= 15 is 0 Å². The zero-order valence-corrected chi connectivity index (χ0v) is 10.9. The average Bonchev–Trinajstić information content (AvgIpc) is 2.40. The zero-order valence-electron chi connectivity index (χ0n) is 10.2. The third kappa shape index (κ3) is 3.36. The highest BCUT2D eigenvalue weighted by Gasteiger charge is 2.10. The summed E-state index contributed by atoms with van der Waals surface area (Å²) in [6.45, 7) is 5.31. The van der Waals surface area contributed by atoms with Gasteiger partial charge in [0.05, 0.1) is 29.5 Å². The third-order valence-electron chi connectivity index (χ3n) is 2.97. The molecule has 2 rings (SSSR count). The quantitative estimate of drug-likeness (QED) is 0.904. The van der Waals surface area contributed by atoms with Crippen molar-refractivity contribution >= 4 is 17.3 Å². The molecule has 0 saturated carbocycles.